The highest BCUT2D eigenvalue weighted by molar-refractivity contribution is 5.80. The summed E-state index contributed by atoms with van der Waals surface area (Å²) in [4.78, 5) is 13.6. The molecule has 0 saturated heterocycles. The minimum atomic E-state index is -0.900. The number of likely N-dealkylation sites (N-methyl/N-ethyl adjacent to an activating group) is 1. The number of hydrogen-bond acceptors (Lipinski definition) is 4. The number of aliphatic carboxylic acids is 1. The number of carbonyl (C=O) groups is 1. The van der Waals surface area contributed by atoms with Crippen LogP contribution in [-0.4, -0.2) is 61.9 Å². The van der Waals surface area contributed by atoms with Gasteiger partial charge in [0.25, 0.3) is 0 Å². The van der Waals surface area contributed by atoms with Crippen LogP contribution in [0.3, 0.4) is 0 Å². The average Bonchev–Trinajstić information content (AvgIpc) is 2.28. The molecule has 1 fully saturated rings. The van der Waals surface area contributed by atoms with Gasteiger partial charge >= 0.3 is 5.97 Å². The molecule has 0 aliphatic heterocycles. The van der Waals surface area contributed by atoms with Crippen LogP contribution in [0.2, 0.25) is 0 Å². The third-order valence-corrected chi connectivity index (χ3v) is 3.50. The fourth-order valence-corrected chi connectivity index (χ4v) is 2.49. The van der Waals surface area contributed by atoms with Crippen molar-refractivity contribution in [3.63, 3.8) is 0 Å². The number of methoxy groups -OCH3 is 1. The maximum atomic E-state index is 11.6. The Labute approximate surface area is 103 Å². The summed E-state index contributed by atoms with van der Waals surface area (Å²) in [6.45, 7) is 1.49. The Balaban J connectivity index is 2.69. The van der Waals surface area contributed by atoms with Crippen LogP contribution in [0.25, 0.3) is 0 Å². The van der Waals surface area contributed by atoms with E-state index in [0.717, 1.165) is 25.8 Å². The first-order valence-electron chi connectivity index (χ1n) is 6.19. The van der Waals surface area contributed by atoms with Crippen LogP contribution in [0.1, 0.15) is 25.7 Å². The zero-order valence-electron chi connectivity index (χ0n) is 11.0. The van der Waals surface area contributed by atoms with Gasteiger partial charge in [0.1, 0.15) is 5.54 Å². The molecule has 17 heavy (non-hydrogen) atoms. The lowest BCUT2D eigenvalue weighted by atomic mass is 9.79. The lowest BCUT2D eigenvalue weighted by Crippen LogP contribution is -2.63. The predicted octanol–water partition coefficient (Wildman–Crippen LogP) is 0.550. The van der Waals surface area contributed by atoms with Crippen LogP contribution >= 0.6 is 0 Å². The zero-order valence-corrected chi connectivity index (χ0v) is 11.0. The Morgan fingerprint density at radius 2 is 2.24 bits per heavy atom. The van der Waals surface area contributed by atoms with Gasteiger partial charge in [0.15, 0.2) is 0 Å². The molecule has 0 aromatic heterocycles. The summed E-state index contributed by atoms with van der Waals surface area (Å²) in [5.74, 6) is -0.789. The number of ether oxygens (including phenoxy) is 1. The molecule has 0 heterocycles. The van der Waals surface area contributed by atoms with Gasteiger partial charge in [-0.25, -0.2) is 0 Å². The van der Waals surface area contributed by atoms with Crippen molar-refractivity contribution in [1.29, 1.82) is 0 Å². The van der Waals surface area contributed by atoms with Crippen molar-refractivity contribution < 1.29 is 14.6 Å². The zero-order chi connectivity index (χ0) is 12.9. The third-order valence-electron chi connectivity index (χ3n) is 3.50. The maximum absolute atomic E-state index is 11.6. The van der Waals surface area contributed by atoms with Crippen molar-refractivity contribution in [3.05, 3.63) is 0 Å². The highest BCUT2D eigenvalue weighted by Crippen LogP contribution is 2.30. The fraction of sp³-hybridized carbons (Fsp3) is 0.917. The van der Waals surface area contributed by atoms with Gasteiger partial charge < -0.3 is 14.7 Å². The van der Waals surface area contributed by atoms with Crippen LogP contribution in [0.4, 0.5) is 0 Å². The van der Waals surface area contributed by atoms with Crippen molar-refractivity contribution in [3.8, 4) is 0 Å². The molecule has 100 valence electrons. The van der Waals surface area contributed by atoms with E-state index in [9.17, 15) is 9.90 Å². The molecule has 2 N–H and O–H groups in total. The van der Waals surface area contributed by atoms with Crippen molar-refractivity contribution in [2.75, 3.05) is 34.3 Å². The van der Waals surface area contributed by atoms with E-state index < -0.39 is 11.5 Å². The topological polar surface area (TPSA) is 61.8 Å². The minimum absolute atomic E-state index is 0.226. The van der Waals surface area contributed by atoms with Gasteiger partial charge in [-0.05, 0) is 26.9 Å². The molecule has 5 nitrogen and oxygen atoms in total. The van der Waals surface area contributed by atoms with Crippen LogP contribution in [0, 0.1) is 0 Å². The van der Waals surface area contributed by atoms with E-state index in [1.54, 1.807) is 7.11 Å². The molecule has 0 radical (unpaired) electrons. The molecule has 1 rings (SSSR count). The minimum Gasteiger partial charge on any atom is -0.480 e. The van der Waals surface area contributed by atoms with Gasteiger partial charge in [-0.2, -0.15) is 0 Å². The molecule has 1 aliphatic rings. The van der Waals surface area contributed by atoms with Gasteiger partial charge in [-0.1, -0.05) is 12.8 Å². The molecule has 0 bridgehead atoms. The molecular formula is C12H24N2O3. The van der Waals surface area contributed by atoms with E-state index in [0.29, 0.717) is 13.0 Å². The van der Waals surface area contributed by atoms with Gasteiger partial charge in [-0.15, -0.1) is 0 Å². The summed E-state index contributed by atoms with van der Waals surface area (Å²) in [6, 6.07) is 0. The summed E-state index contributed by atoms with van der Waals surface area (Å²) >= 11 is 0. The number of nitrogens with zero attached hydrogens (tertiary/aromatic N) is 1. The van der Waals surface area contributed by atoms with E-state index >= 15 is 0 Å². The monoisotopic (exact) mass is 244 g/mol. The van der Waals surface area contributed by atoms with Crippen LogP contribution in [-0.2, 0) is 9.53 Å². The Kier molecular flexibility index (Phi) is 5.36. The number of hydrogen-bond donors (Lipinski definition) is 2. The van der Waals surface area contributed by atoms with E-state index in [1.807, 2.05) is 19.0 Å². The number of rotatable bonds is 6. The Hall–Kier alpha value is -0.650. The van der Waals surface area contributed by atoms with Gasteiger partial charge in [0.2, 0.25) is 0 Å². The Morgan fingerprint density at radius 3 is 2.76 bits per heavy atom. The molecule has 0 aromatic rings. The molecule has 0 spiro atoms. The van der Waals surface area contributed by atoms with E-state index in [-0.39, 0.29) is 6.10 Å². The van der Waals surface area contributed by atoms with E-state index in [2.05, 4.69) is 5.32 Å². The number of carboxylic acids is 1. The van der Waals surface area contributed by atoms with Crippen LogP contribution in [0.15, 0.2) is 0 Å². The van der Waals surface area contributed by atoms with Crippen molar-refractivity contribution >= 4 is 5.97 Å². The predicted molar refractivity (Wildman–Crippen MR) is 66.2 cm³/mol. The van der Waals surface area contributed by atoms with Crippen molar-refractivity contribution in [2.45, 2.75) is 37.3 Å². The van der Waals surface area contributed by atoms with E-state index in [4.69, 9.17) is 4.74 Å². The smallest absolute Gasteiger partial charge is 0.326 e. The lowest BCUT2D eigenvalue weighted by Gasteiger charge is -2.40. The largest absolute Gasteiger partial charge is 0.480 e. The van der Waals surface area contributed by atoms with Crippen molar-refractivity contribution in [1.82, 2.24) is 10.2 Å². The van der Waals surface area contributed by atoms with Gasteiger partial charge in [0.05, 0.1) is 6.10 Å². The van der Waals surface area contributed by atoms with Gasteiger partial charge in [-0.3, -0.25) is 10.1 Å². The molecule has 5 heteroatoms. The summed E-state index contributed by atoms with van der Waals surface area (Å²) < 4.78 is 5.37. The first-order chi connectivity index (χ1) is 8.03. The first-order valence-corrected chi connectivity index (χ1v) is 6.19. The maximum Gasteiger partial charge on any atom is 0.326 e. The molecular weight excluding hydrogens is 220 g/mol. The summed E-state index contributed by atoms with van der Waals surface area (Å²) in [7, 11) is 5.55. The second-order valence-corrected chi connectivity index (χ2v) is 4.98. The van der Waals surface area contributed by atoms with Crippen LogP contribution in [0.5, 0.6) is 0 Å². The average molecular weight is 244 g/mol. The molecule has 1 aliphatic carbocycles. The van der Waals surface area contributed by atoms with Gasteiger partial charge in [0, 0.05) is 20.2 Å². The summed E-state index contributed by atoms with van der Waals surface area (Å²) in [5, 5.41) is 12.7. The quantitative estimate of drug-likeness (QED) is 0.714. The third kappa shape index (κ3) is 3.40. The summed E-state index contributed by atoms with van der Waals surface area (Å²) in [5.41, 5.74) is -0.900. The standard InChI is InChI=1S/C12H24N2O3/c1-14(2)9-8-13-12(11(15)16)7-5-4-6-10(12)17-3/h10,13H,4-9H2,1-3H3,(H,15,16). The van der Waals surface area contributed by atoms with Crippen LogP contribution < -0.4 is 5.32 Å². The molecule has 1 saturated carbocycles. The highest BCUT2D eigenvalue weighted by Gasteiger charge is 2.47. The van der Waals surface area contributed by atoms with E-state index in [1.165, 1.54) is 0 Å². The summed E-state index contributed by atoms with van der Waals surface area (Å²) in [6.07, 6.45) is 3.23. The molecule has 0 aromatic carbocycles. The Morgan fingerprint density at radius 1 is 1.53 bits per heavy atom. The highest BCUT2D eigenvalue weighted by atomic mass is 16.5. The fourth-order valence-electron chi connectivity index (χ4n) is 2.49. The SMILES string of the molecule is COC1CCCCC1(NCCN(C)C)C(=O)O. The second-order valence-electron chi connectivity index (χ2n) is 4.98. The number of carboxylic acid groups (broad SMARTS) is 1. The normalized spacial score (nSPS) is 29.5. The molecule has 2 unspecified atom stereocenters. The van der Waals surface area contributed by atoms with Crippen molar-refractivity contribution in [2.24, 2.45) is 0 Å². The first kappa shape index (κ1) is 14.4. The number of nitrogens with one attached hydrogen (secondary N) is 1. The second kappa shape index (κ2) is 6.33. The molecule has 0 amide bonds. The Bertz CT molecular complexity index is 258. The molecule has 2 atom stereocenters. The lowest BCUT2D eigenvalue weighted by molar-refractivity contribution is -0.154.